The SMILES string of the molecule is CCCC(C)CSP(O)(=S)c1ccc(C)cc1. The van der Waals surface area contributed by atoms with Crippen molar-refractivity contribution in [1.29, 1.82) is 0 Å². The monoisotopic (exact) mass is 288 g/mol. The fourth-order valence-electron chi connectivity index (χ4n) is 1.61. The maximum Gasteiger partial charge on any atom is 0.146 e. The van der Waals surface area contributed by atoms with Crippen molar-refractivity contribution in [3.63, 3.8) is 0 Å². The molecule has 2 unspecified atom stereocenters. The molecule has 0 aliphatic carbocycles. The molecule has 2 atom stereocenters. The van der Waals surface area contributed by atoms with Gasteiger partial charge in [-0.1, -0.05) is 79.7 Å². The second kappa shape index (κ2) is 6.94. The van der Waals surface area contributed by atoms with Crippen LogP contribution in [0, 0.1) is 12.8 Å². The summed E-state index contributed by atoms with van der Waals surface area (Å²) in [6, 6.07) is 7.96. The van der Waals surface area contributed by atoms with Crippen LogP contribution in [0.1, 0.15) is 32.3 Å². The van der Waals surface area contributed by atoms with Gasteiger partial charge in [0, 0.05) is 11.1 Å². The predicted molar refractivity (Wildman–Crippen MR) is 83.8 cm³/mol. The van der Waals surface area contributed by atoms with Crippen LogP contribution in [0.4, 0.5) is 0 Å². The molecule has 0 aromatic heterocycles. The summed E-state index contributed by atoms with van der Waals surface area (Å²) in [7, 11) is 0. The number of hydrogen-bond donors (Lipinski definition) is 1. The van der Waals surface area contributed by atoms with Crippen LogP contribution < -0.4 is 5.30 Å². The van der Waals surface area contributed by atoms with Crippen molar-refractivity contribution in [2.45, 2.75) is 33.6 Å². The highest BCUT2D eigenvalue weighted by Gasteiger charge is 2.17. The van der Waals surface area contributed by atoms with Crippen LogP contribution in [-0.2, 0) is 11.8 Å². The van der Waals surface area contributed by atoms with E-state index in [2.05, 4.69) is 13.8 Å². The highest BCUT2D eigenvalue weighted by molar-refractivity contribution is 8.71. The second-order valence-corrected chi connectivity index (χ2v) is 11.3. The average Bonchev–Trinajstić information content (AvgIpc) is 2.28. The smallest absolute Gasteiger partial charge is 0.146 e. The molecule has 0 spiro atoms. The van der Waals surface area contributed by atoms with Gasteiger partial charge >= 0.3 is 0 Å². The Bertz CT molecular complexity index is 389. The zero-order chi connectivity index (χ0) is 12.9. The van der Waals surface area contributed by atoms with E-state index in [4.69, 9.17) is 11.8 Å². The van der Waals surface area contributed by atoms with Crippen molar-refractivity contribution in [2.75, 3.05) is 5.75 Å². The van der Waals surface area contributed by atoms with Gasteiger partial charge in [-0.15, -0.1) is 0 Å². The van der Waals surface area contributed by atoms with E-state index < -0.39 is 5.47 Å². The molecule has 1 nitrogen and oxygen atoms in total. The van der Waals surface area contributed by atoms with Gasteiger partial charge in [-0.2, -0.15) is 0 Å². The molecule has 96 valence electrons. The van der Waals surface area contributed by atoms with Crippen LogP contribution in [0.15, 0.2) is 24.3 Å². The van der Waals surface area contributed by atoms with Crippen molar-refractivity contribution >= 4 is 34.0 Å². The van der Waals surface area contributed by atoms with E-state index in [-0.39, 0.29) is 0 Å². The molecule has 0 bridgehead atoms. The minimum Gasteiger partial charge on any atom is -0.354 e. The Kier molecular flexibility index (Phi) is 6.22. The topological polar surface area (TPSA) is 20.2 Å². The molecule has 0 saturated carbocycles. The van der Waals surface area contributed by atoms with Gasteiger partial charge in [-0.05, 0) is 12.8 Å². The summed E-state index contributed by atoms with van der Waals surface area (Å²) >= 11 is 6.95. The van der Waals surface area contributed by atoms with E-state index in [0.29, 0.717) is 5.92 Å². The van der Waals surface area contributed by atoms with Crippen LogP contribution in [-0.4, -0.2) is 10.6 Å². The fourth-order valence-corrected chi connectivity index (χ4v) is 6.01. The maximum atomic E-state index is 10.4. The van der Waals surface area contributed by atoms with Gasteiger partial charge in [0.25, 0.3) is 0 Å². The molecule has 1 N–H and O–H groups in total. The van der Waals surface area contributed by atoms with Crippen LogP contribution in [0.25, 0.3) is 0 Å². The molecule has 0 heterocycles. The summed E-state index contributed by atoms with van der Waals surface area (Å²) < 4.78 is 0. The zero-order valence-corrected chi connectivity index (χ0v) is 13.2. The lowest BCUT2D eigenvalue weighted by atomic mass is 10.1. The molecule has 0 aliphatic heterocycles. The Morgan fingerprint density at radius 1 is 1.35 bits per heavy atom. The maximum absolute atomic E-state index is 10.4. The molecule has 1 aromatic rings. The fraction of sp³-hybridized carbons (Fsp3) is 0.538. The minimum absolute atomic E-state index is 0.630. The summed E-state index contributed by atoms with van der Waals surface area (Å²) in [6.45, 7) is 6.46. The first kappa shape index (κ1) is 15.2. The van der Waals surface area contributed by atoms with E-state index in [1.54, 1.807) is 11.4 Å². The number of hydrogen-bond acceptors (Lipinski definition) is 2. The molecule has 0 fully saturated rings. The van der Waals surface area contributed by atoms with Crippen molar-refractivity contribution < 1.29 is 4.89 Å². The van der Waals surface area contributed by atoms with Crippen LogP contribution in [0.3, 0.4) is 0 Å². The number of benzene rings is 1. The third-order valence-corrected chi connectivity index (χ3v) is 8.41. The van der Waals surface area contributed by atoms with Crippen LogP contribution in [0.2, 0.25) is 0 Å². The van der Waals surface area contributed by atoms with Crippen LogP contribution >= 0.6 is 16.8 Å². The molecule has 0 amide bonds. The van der Waals surface area contributed by atoms with Gasteiger partial charge in [-0.25, -0.2) is 0 Å². The largest absolute Gasteiger partial charge is 0.354 e. The first-order chi connectivity index (χ1) is 7.95. The lowest BCUT2D eigenvalue weighted by Gasteiger charge is -2.17. The van der Waals surface area contributed by atoms with Gasteiger partial charge in [0.15, 0.2) is 0 Å². The highest BCUT2D eigenvalue weighted by Crippen LogP contribution is 2.54. The zero-order valence-electron chi connectivity index (χ0n) is 10.7. The molecule has 1 aromatic carbocycles. The second-order valence-electron chi connectivity index (χ2n) is 4.55. The van der Waals surface area contributed by atoms with E-state index in [0.717, 1.165) is 11.1 Å². The van der Waals surface area contributed by atoms with E-state index >= 15 is 0 Å². The Morgan fingerprint density at radius 2 is 1.94 bits per heavy atom. The summed E-state index contributed by atoms with van der Waals surface area (Å²) in [5, 5.41) is 0.923. The first-order valence-electron chi connectivity index (χ1n) is 6.00. The number of rotatable bonds is 6. The molecule has 1 rings (SSSR count). The lowest BCUT2D eigenvalue weighted by Crippen LogP contribution is -2.04. The Labute approximate surface area is 114 Å². The van der Waals surface area contributed by atoms with Crippen LogP contribution in [0.5, 0.6) is 0 Å². The molecule has 0 saturated heterocycles. The molecular weight excluding hydrogens is 267 g/mol. The molecule has 0 aliphatic rings. The molecule has 4 heteroatoms. The molecule has 17 heavy (non-hydrogen) atoms. The first-order valence-corrected chi connectivity index (χ1v) is 10.3. The normalized spacial score (nSPS) is 16.5. The summed E-state index contributed by atoms with van der Waals surface area (Å²) in [5.74, 6) is 1.58. The molecular formula is C13H21OPS2. The Balaban J connectivity index is 2.62. The van der Waals surface area contributed by atoms with Gasteiger partial charge in [0.2, 0.25) is 0 Å². The molecule has 0 radical (unpaired) electrons. The van der Waals surface area contributed by atoms with Gasteiger partial charge < -0.3 is 4.89 Å². The Hall–Kier alpha value is 0.180. The van der Waals surface area contributed by atoms with E-state index in [1.165, 1.54) is 18.4 Å². The minimum atomic E-state index is -2.39. The van der Waals surface area contributed by atoms with Gasteiger partial charge in [-0.3, -0.25) is 0 Å². The third-order valence-electron chi connectivity index (χ3n) is 2.68. The summed E-state index contributed by atoms with van der Waals surface area (Å²) in [4.78, 5) is 10.4. The third kappa shape index (κ3) is 5.13. The van der Waals surface area contributed by atoms with Crippen molar-refractivity contribution in [2.24, 2.45) is 5.92 Å². The van der Waals surface area contributed by atoms with Crippen molar-refractivity contribution in [1.82, 2.24) is 0 Å². The predicted octanol–water partition coefficient (Wildman–Crippen LogP) is 4.09. The number of aryl methyl sites for hydroxylation is 1. The summed E-state index contributed by atoms with van der Waals surface area (Å²) in [6.07, 6.45) is 2.40. The summed E-state index contributed by atoms with van der Waals surface area (Å²) in [5.41, 5.74) is -1.19. The van der Waals surface area contributed by atoms with Crippen molar-refractivity contribution in [3.05, 3.63) is 29.8 Å². The van der Waals surface area contributed by atoms with E-state index in [9.17, 15) is 4.89 Å². The standard InChI is InChI=1S/C13H21OPS2/c1-4-5-12(3)10-17-15(14,16)13-8-6-11(2)7-9-13/h6-9,12H,4-5,10H2,1-3H3,(H,14,16). The van der Waals surface area contributed by atoms with Gasteiger partial charge in [0.1, 0.15) is 5.47 Å². The highest BCUT2D eigenvalue weighted by atomic mass is 32.9. The lowest BCUT2D eigenvalue weighted by molar-refractivity contribution is 0.585. The quantitative estimate of drug-likeness (QED) is 0.796. The Morgan fingerprint density at radius 3 is 2.47 bits per heavy atom. The van der Waals surface area contributed by atoms with Crippen molar-refractivity contribution in [3.8, 4) is 0 Å². The van der Waals surface area contributed by atoms with Gasteiger partial charge in [0.05, 0.1) is 0 Å². The van der Waals surface area contributed by atoms with E-state index in [1.807, 2.05) is 31.2 Å². The average molecular weight is 288 g/mol.